The van der Waals surface area contributed by atoms with Crippen molar-refractivity contribution < 1.29 is 23.5 Å². The fourth-order valence-corrected chi connectivity index (χ4v) is 10.3. The van der Waals surface area contributed by atoms with Crippen LogP contribution in [0, 0.1) is 46.3 Å². The number of allylic oxidation sites excluding steroid dienone is 1. The van der Waals surface area contributed by atoms with Crippen LogP contribution in [-0.2, 0) is 9.53 Å². The lowest BCUT2D eigenvalue weighted by atomic mass is 9.47. The second-order valence-corrected chi connectivity index (χ2v) is 15.9. The summed E-state index contributed by atoms with van der Waals surface area (Å²) in [7, 11) is 0. The van der Waals surface area contributed by atoms with Crippen molar-refractivity contribution in [1.82, 2.24) is 0 Å². The van der Waals surface area contributed by atoms with Crippen LogP contribution in [0.25, 0.3) is 6.08 Å². The van der Waals surface area contributed by atoms with Crippen molar-refractivity contribution in [2.75, 3.05) is 0 Å². The number of fused-ring (bicyclic) bond motifs is 5. The molecule has 0 N–H and O–H groups in total. The van der Waals surface area contributed by atoms with Gasteiger partial charge in [-0.15, -0.1) is 0 Å². The molecule has 5 heteroatoms. The molecule has 4 aliphatic rings. The molecule has 2 aromatic rings. The van der Waals surface area contributed by atoms with Crippen LogP contribution in [-0.4, -0.2) is 18.0 Å². The molecule has 8 atom stereocenters. The maximum absolute atomic E-state index is 12.8. The van der Waals surface area contributed by atoms with Gasteiger partial charge in [-0.25, -0.2) is 9.59 Å². The molecule has 3 saturated carbocycles. The minimum Gasteiger partial charge on any atom is -0.459 e. The summed E-state index contributed by atoms with van der Waals surface area (Å²) < 4.78 is 16.4. The van der Waals surface area contributed by atoms with E-state index in [0.29, 0.717) is 11.2 Å². The molecule has 248 valence electrons. The van der Waals surface area contributed by atoms with Crippen LogP contribution in [0.4, 0.5) is 0 Å². The highest BCUT2D eigenvalue weighted by Gasteiger charge is 2.59. The third-order valence-corrected chi connectivity index (χ3v) is 12.8. The minimum atomic E-state index is -0.546. The van der Waals surface area contributed by atoms with Gasteiger partial charge in [0.2, 0.25) is 5.76 Å². The molecule has 6 rings (SSSR count). The van der Waals surface area contributed by atoms with Crippen LogP contribution < -0.4 is 4.74 Å². The van der Waals surface area contributed by atoms with Gasteiger partial charge in [-0.05, 0) is 127 Å². The first-order valence-electron chi connectivity index (χ1n) is 18.0. The fourth-order valence-electron chi connectivity index (χ4n) is 10.3. The number of hydrogen-bond acceptors (Lipinski definition) is 5. The first-order chi connectivity index (χ1) is 22.1. The molecule has 3 fully saturated rings. The van der Waals surface area contributed by atoms with Gasteiger partial charge in [0.1, 0.15) is 11.9 Å². The molecule has 1 aromatic heterocycles. The Morgan fingerprint density at radius 1 is 0.978 bits per heavy atom. The number of carbonyl (C=O) groups is 2. The average Bonchev–Trinajstić information content (AvgIpc) is 3.69. The highest BCUT2D eigenvalue weighted by molar-refractivity contribution is 5.88. The van der Waals surface area contributed by atoms with Crippen molar-refractivity contribution in [2.45, 2.75) is 111 Å². The summed E-state index contributed by atoms with van der Waals surface area (Å²) >= 11 is 0. The number of furan rings is 1. The van der Waals surface area contributed by atoms with E-state index in [1.165, 1.54) is 63.7 Å². The van der Waals surface area contributed by atoms with Gasteiger partial charge in [-0.2, -0.15) is 0 Å². The van der Waals surface area contributed by atoms with Crippen LogP contribution in [0.2, 0.25) is 0 Å². The van der Waals surface area contributed by atoms with E-state index in [1.54, 1.807) is 48.0 Å². The lowest BCUT2D eigenvalue weighted by molar-refractivity contribution is -0.145. The van der Waals surface area contributed by atoms with Crippen LogP contribution in [0.3, 0.4) is 0 Å². The topological polar surface area (TPSA) is 65.7 Å². The van der Waals surface area contributed by atoms with Gasteiger partial charge < -0.3 is 13.9 Å². The predicted octanol–water partition coefficient (Wildman–Crippen LogP) is 10.5. The SMILES string of the molecule is CC(C)CCCC(C)C1CCC2C3CC=C4CC(OC(=O)/C=C/c5ccc(OC(=O)c6ccco6)cc5)CCC4(C)C3CCC12C. The Hall–Kier alpha value is -3.08. The van der Waals surface area contributed by atoms with Gasteiger partial charge in [0.15, 0.2) is 0 Å². The molecule has 0 saturated heterocycles. The van der Waals surface area contributed by atoms with E-state index in [2.05, 4.69) is 40.7 Å². The fraction of sp³-hybridized carbons (Fsp3) is 0.610. The molecular formula is C41H54O5. The highest BCUT2D eigenvalue weighted by atomic mass is 16.5. The van der Waals surface area contributed by atoms with Gasteiger partial charge in [0, 0.05) is 12.5 Å². The first-order valence-corrected chi connectivity index (χ1v) is 18.0. The average molecular weight is 627 g/mol. The standard InChI is InChI=1S/C41H54O5/c1-27(2)8-6-9-28(3)34-18-19-35-33-17-14-30-26-32(21-23-40(30,4)36(33)22-24-41(34,35)5)45-38(42)20-13-29-11-15-31(16-12-29)46-39(43)37-10-7-25-44-37/h7,10-16,20,25,27-28,32-36H,6,8-9,17-19,21-24,26H2,1-5H3/b20-13+. The molecule has 5 nitrogen and oxygen atoms in total. The van der Waals surface area contributed by atoms with Crippen LogP contribution in [0.15, 0.2) is 64.8 Å². The highest BCUT2D eigenvalue weighted by Crippen LogP contribution is 2.67. The van der Waals surface area contributed by atoms with E-state index in [1.807, 2.05) is 0 Å². The Morgan fingerprint density at radius 3 is 2.52 bits per heavy atom. The molecule has 0 spiro atoms. The van der Waals surface area contributed by atoms with Crippen molar-refractivity contribution in [3.05, 3.63) is 71.7 Å². The van der Waals surface area contributed by atoms with Gasteiger partial charge in [0.25, 0.3) is 0 Å². The molecule has 0 radical (unpaired) electrons. The number of rotatable bonds is 10. The zero-order valence-corrected chi connectivity index (χ0v) is 28.6. The second-order valence-electron chi connectivity index (χ2n) is 15.9. The largest absolute Gasteiger partial charge is 0.459 e. The quantitative estimate of drug-likeness (QED) is 0.114. The van der Waals surface area contributed by atoms with Crippen LogP contribution in [0.5, 0.6) is 5.75 Å². The molecule has 4 aliphatic carbocycles. The van der Waals surface area contributed by atoms with E-state index in [-0.39, 0.29) is 23.2 Å². The lowest BCUT2D eigenvalue weighted by Gasteiger charge is -2.58. The van der Waals surface area contributed by atoms with Gasteiger partial charge in [-0.1, -0.05) is 77.7 Å². The molecule has 0 amide bonds. The molecule has 46 heavy (non-hydrogen) atoms. The number of carbonyl (C=O) groups excluding carboxylic acids is 2. The summed E-state index contributed by atoms with van der Waals surface area (Å²) in [4.78, 5) is 24.9. The summed E-state index contributed by atoms with van der Waals surface area (Å²) in [6, 6.07) is 10.2. The predicted molar refractivity (Wildman–Crippen MR) is 182 cm³/mol. The van der Waals surface area contributed by atoms with Crippen LogP contribution in [0.1, 0.15) is 121 Å². The number of benzene rings is 1. The first kappa shape index (κ1) is 32.8. The maximum atomic E-state index is 12.8. The Kier molecular flexibility index (Phi) is 9.69. The third kappa shape index (κ3) is 6.66. The minimum absolute atomic E-state index is 0.0622. The number of esters is 2. The van der Waals surface area contributed by atoms with Crippen molar-refractivity contribution in [3.63, 3.8) is 0 Å². The number of hydrogen-bond donors (Lipinski definition) is 0. The summed E-state index contributed by atoms with van der Waals surface area (Å²) in [5.74, 6) is 4.68. The van der Waals surface area contributed by atoms with Gasteiger partial charge in [0.05, 0.1) is 6.26 Å². The lowest BCUT2D eigenvalue weighted by Crippen LogP contribution is -2.51. The second kappa shape index (κ2) is 13.6. The van der Waals surface area contributed by atoms with Crippen molar-refractivity contribution in [3.8, 4) is 5.75 Å². The van der Waals surface area contributed by atoms with E-state index in [9.17, 15) is 9.59 Å². The van der Waals surface area contributed by atoms with E-state index < -0.39 is 5.97 Å². The molecule has 0 bridgehead atoms. The van der Waals surface area contributed by atoms with E-state index in [4.69, 9.17) is 13.9 Å². The summed E-state index contributed by atoms with van der Waals surface area (Å²) in [6.07, 6.45) is 21.0. The Labute approximate surface area is 276 Å². The summed E-state index contributed by atoms with van der Waals surface area (Å²) in [5, 5.41) is 0. The maximum Gasteiger partial charge on any atom is 0.379 e. The third-order valence-electron chi connectivity index (χ3n) is 12.8. The van der Waals surface area contributed by atoms with E-state index in [0.717, 1.165) is 60.3 Å². The Morgan fingerprint density at radius 2 is 1.78 bits per heavy atom. The summed E-state index contributed by atoms with van der Waals surface area (Å²) in [6.45, 7) is 12.5. The Balaban J connectivity index is 1.02. The zero-order chi connectivity index (χ0) is 32.5. The molecule has 1 aromatic carbocycles. The molecule has 1 heterocycles. The number of ether oxygens (including phenoxy) is 2. The smallest absolute Gasteiger partial charge is 0.379 e. The van der Waals surface area contributed by atoms with Crippen molar-refractivity contribution in [2.24, 2.45) is 46.3 Å². The zero-order valence-electron chi connectivity index (χ0n) is 28.6. The van der Waals surface area contributed by atoms with Crippen molar-refractivity contribution in [1.29, 1.82) is 0 Å². The molecular weight excluding hydrogens is 572 g/mol. The van der Waals surface area contributed by atoms with Crippen LogP contribution >= 0.6 is 0 Å². The van der Waals surface area contributed by atoms with Gasteiger partial charge in [-0.3, -0.25) is 0 Å². The molecule has 8 unspecified atom stereocenters. The van der Waals surface area contributed by atoms with Crippen molar-refractivity contribution >= 4 is 18.0 Å². The molecule has 0 aliphatic heterocycles. The summed E-state index contributed by atoms with van der Waals surface area (Å²) in [5.41, 5.74) is 3.12. The normalized spacial score (nSPS) is 32.7. The Bertz CT molecular complexity index is 1420. The van der Waals surface area contributed by atoms with Gasteiger partial charge >= 0.3 is 11.9 Å². The van der Waals surface area contributed by atoms with E-state index >= 15 is 0 Å². The monoisotopic (exact) mass is 626 g/mol.